The van der Waals surface area contributed by atoms with E-state index in [1.807, 2.05) is 0 Å². The molecule has 0 aliphatic rings. The molecule has 0 fully saturated rings. The molecule has 3 N–H and O–H groups in total. The monoisotopic (exact) mass is 519 g/mol. The zero-order chi connectivity index (χ0) is 26.2. The van der Waals surface area contributed by atoms with Crippen LogP contribution in [0, 0.1) is 11.6 Å². The number of urea groups is 1. The van der Waals surface area contributed by atoms with Crippen molar-refractivity contribution < 1.29 is 22.0 Å². The predicted octanol–water partition coefficient (Wildman–Crippen LogP) is 5.62. The Bertz CT molecular complexity index is 1750. The second-order valence-corrected chi connectivity index (χ2v) is 10.3. The Morgan fingerprint density at radius 1 is 0.838 bits per heavy atom. The van der Waals surface area contributed by atoms with Crippen molar-refractivity contribution in [2.45, 2.75) is 4.90 Å². The number of nitrogens with one attached hydrogen (secondary N) is 3. The highest BCUT2D eigenvalue weighted by atomic mass is 32.2. The van der Waals surface area contributed by atoms with Crippen molar-refractivity contribution in [2.24, 2.45) is 0 Å². The lowest BCUT2D eigenvalue weighted by Crippen LogP contribution is -2.19. The van der Waals surface area contributed by atoms with E-state index < -0.39 is 27.5 Å². The maximum absolute atomic E-state index is 14.5. The van der Waals surface area contributed by atoms with E-state index in [1.165, 1.54) is 36.4 Å². The fourth-order valence-corrected chi connectivity index (χ4v) is 4.48. The largest absolute Gasteiger partial charge is 0.323 e. The van der Waals surface area contributed by atoms with Gasteiger partial charge in [0.2, 0.25) is 0 Å². The summed E-state index contributed by atoms with van der Waals surface area (Å²) in [5, 5.41) is 12.8. The number of nitrogens with zero attached hydrogens (tertiary/aromatic N) is 2. The highest BCUT2D eigenvalue weighted by molar-refractivity contribution is 7.90. The summed E-state index contributed by atoms with van der Waals surface area (Å²) in [6.07, 6.45) is 2.72. The first-order valence-corrected chi connectivity index (χ1v) is 12.8. The van der Waals surface area contributed by atoms with E-state index in [2.05, 4.69) is 25.8 Å². The van der Waals surface area contributed by atoms with Gasteiger partial charge in [0.25, 0.3) is 0 Å². The molecule has 0 saturated heterocycles. The Balaban J connectivity index is 1.47. The first-order valence-electron chi connectivity index (χ1n) is 10.9. The summed E-state index contributed by atoms with van der Waals surface area (Å²) in [6, 6.07) is 16.8. The molecule has 2 amide bonds. The van der Waals surface area contributed by atoms with Gasteiger partial charge in [-0.3, -0.25) is 5.10 Å². The standard InChI is InChI=1S/C26H19F2N5O3S/c1-37(35,36)22-4-2-3-15(11-22)17-12-23-24(32-33-25(23)29-14-17)16-9-19(28)13-21(10-16)31-26(34)30-20-7-5-18(27)6-8-20/h2-14H,1H3,(H,29,32,33)(H2,30,31,34). The third kappa shape index (κ3) is 5.31. The van der Waals surface area contributed by atoms with E-state index in [1.54, 1.807) is 36.5 Å². The Labute approximate surface area is 210 Å². The number of fused-ring (bicyclic) bond motifs is 1. The van der Waals surface area contributed by atoms with Crippen molar-refractivity contribution in [1.29, 1.82) is 0 Å². The number of sulfone groups is 1. The second-order valence-electron chi connectivity index (χ2n) is 8.31. The number of rotatable bonds is 5. The fourth-order valence-electron chi connectivity index (χ4n) is 3.81. The smallest absolute Gasteiger partial charge is 0.308 e. The highest BCUT2D eigenvalue weighted by Gasteiger charge is 2.15. The summed E-state index contributed by atoms with van der Waals surface area (Å²) in [4.78, 5) is 16.9. The van der Waals surface area contributed by atoms with Gasteiger partial charge in [0, 0.05) is 40.3 Å². The molecular formula is C26H19F2N5O3S. The van der Waals surface area contributed by atoms with Crippen LogP contribution in [0.15, 0.2) is 83.9 Å². The third-order valence-corrected chi connectivity index (χ3v) is 6.65. The van der Waals surface area contributed by atoms with Gasteiger partial charge in [-0.2, -0.15) is 5.10 Å². The van der Waals surface area contributed by atoms with E-state index in [9.17, 15) is 22.0 Å². The number of hydrogen-bond acceptors (Lipinski definition) is 5. The Kier molecular flexibility index (Phi) is 6.14. The van der Waals surface area contributed by atoms with Gasteiger partial charge in [-0.1, -0.05) is 12.1 Å². The van der Waals surface area contributed by atoms with E-state index in [-0.39, 0.29) is 10.6 Å². The first-order chi connectivity index (χ1) is 17.7. The van der Waals surface area contributed by atoms with Gasteiger partial charge in [0.1, 0.15) is 17.3 Å². The molecule has 2 heterocycles. The van der Waals surface area contributed by atoms with Crippen molar-refractivity contribution >= 4 is 38.3 Å². The van der Waals surface area contributed by atoms with Crippen LogP contribution in [0.5, 0.6) is 0 Å². The number of H-pyrrole nitrogens is 1. The van der Waals surface area contributed by atoms with E-state index in [0.29, 0.717) is 39.1 Å². The molecule has 5 aromatic rings. The number of pyridine rings is 1. The van der Waals surface area contributed by atoms with Gasteiger partial charge in [-0.15, -0.1) is 0 Å². The number of benzene rings is 3. The van der Waals surface area contributed by atoms with Gasteiger partial charge >= 0.3 is 6.03 Å². The zero-order valence-electron chi connectivity index (χ0n) is 19.3. The molecule has 0 radical (unpaired) electrons. The van der Waals surface area contributed by atoms with Crippen molar-refractivity contribution in [3.63, 3.8) is 0 Å². The molecule has 186 valence electrons. The van der Waals surface area contributed by atoms with Crippen LogP contribution in [0.4, 0.5) is 25.0 Å². The average Bonchev–Trinajstić information content (AvgIpc) is 3.28. The lowest BCUT2D eigenvalue weighted by atomic mass is 10.0. The van der Waals surface area contributed by atoms with Gasteiger partial charge in [0.15, 0.2) is 15.5 Å². The molecule has 0 bridgehead atoms. The van der Waals surface area contributed by atoms with Gasteiger partial charge < -0.3 is 10.6 Å². The van der Waals surface area contributed by atoms with Crippen LogP contribution in [0.1, 0.15) is 0 Å². The van der Waals surface area contributed by atoms with Crippen LogP contribution in [-0.2, 0) is 9.84 Å². The number of amides is 2. The van der Waals surface area contributed by atoms with Gasteiger partial charge in [-0.25, -0.2) is 27.0 Å². The highest BCUT2D eigenvalue weighted by Crippen LogP contribution is 2.32. The maximum Gasteiger partial charge on any atom is 0.323 e. The minimum Gasteiger partial charge on any atom is -0.308 e. The number of carbonyl (C=O) groups excluding carboxylic acids is 1. The SMILES string of the molecule is CS(=O)(=O)c1cccc(-c2cnc3[nH]nc(-c4cc(F)cc(NC(=O)Nc5ccc(F)cc5)c4)c3c2)c1. The Hall–Kier alpha value is -4.64. The topological polar surface area (TPSA) is 117 Å². The van der Waals surface area contributed by atoms with Crippen molar-refractivity contribution in [1.82, 2.24) is 15.2 Å². The van der Waals surface area contributed by atoms with Crippen LogP contribution >= 0.6 is 0 Å². The maximum atomic E-state index is 14.5. The molecule has 5 rings (SSSR count). The molecule has 11 heteroatoms. The molecule has 0 aliphatic carbocycles. The quantitative estimate of drug-likeness (QED) is 0.279. The number of hydrogen-bond donors (Lipinski definition) is 3. The lowest BCUT2D eigenvalue weighted by Gasteiger charge is -2.09. The fraction of sp³-hybridized carbons (Fsp3) is 0.0385. The molecule has 0 spiro atoms. The van der Waals surface area contributed by atoms with Gasteiger partial charge in [-0.05, 0) is 66.2 Å². The molecular weight excluding hydrogens is 500 g/mol. The van der Waals surface area contributed by atoms with Crippen LogP contribution in [0.25, 0.3) is 33.4 Å². The normalized spacial score (nSPS) is 11.4. The van der Waals surface area contributed by atoms with Crippen LogP contribution in [0.2, 0.25) is 0 Å². The summed E-state index contributed by atoms with van der Waals surface area (Å²) in [7, 11) is -3.39. The minimum atomic E-state index is -3.39. The number of aromatic amines is 1. The van der Waals surface area contributed by atoms with E-state index in [4.69, 9.17) is 0 Å². The zero-order valence-corrected chi connectivity index (χ0v) is 20.1. The molecule has 8 nitrogen and oxygen atoms in total. The minimum absolute atomic E-state index is 0.177. The van der Waals surface area contributed by atoms with Crippen molar-refractivity contribution in [2.75, 3.05) is 16.9 Å². The van der Waals surface area contributed by atoms with E-state index in [0.717, 1.165) is 12.3 Å². The molecule has 0 aliphatic heterocycles. The molecule has 0 unspecified atom stereocenters. The third-order valence-electron chi connectivity index (χ3n) is 5.54. The summed E-state index contributed by atoms with van der Waals surface area (Å²) < 4.78 is 51.5. The summed E-state index contributed by atoms with van der Waals surface area (Å²) in [5.41, 5.74) is 3.06. The molecule has 2 aromatic heterocycles. The molecule has 0 atom stereocenters. The number of aromatic nitrogens is 3. The van der Waals surface area contributed by atoms with Crippen molar-refractivity contribution in [3.8, 4) is 22.4 Å². The Morgan fingerprint density at radius 3 is 2.35 bits per heavy atom. The lowest BCUT2D eigenvalue weighted by molar-refractivity contribution is 0.262. The predicted molar refractivity (Wildman–Crippen MR) is 137 cm³/mol. The molecule has 37 heavy (non-hydrogen) atoms. The first kappa shape index (κ1) is 24.1. The summed E-state index contributed by atoms with van der Waals surface area (Å²) in [5.74, 6) is -1.04. The number of carbonyl (C=O) groups is 1. The molecule has 3 aromatic carbocycles. The second kappa shape index (κ2) is 9.43. The summed E-state index contributed by atoms with van der Waals surface area (Å²) >= 11 is 0. The molecule has 0 saturated carbocycles. The van der Waals surface area contributed by atoms with Gasteiger partial charge in [0.05, 0.1) is 4.90 Å². The van der Waals surface area contributed by atoms with E-state index >= 15 is 0 Å². The number of halogens is 2. The average molecular weight is 520 g/mol. The van der Waals surface area contributed by atoms with Crippen LogP contribution in [-0.4, -0.2) is 35.9 Å². The Morgan fingerprint density at radius 2 is 1.59 bits per heavy atom. The van der Waals surface area contributed by atoms with Crippen LogP contribution in [0.3, 0.4) is 0 Å². The van der Waals surface area contributed by atoms with Crippen LogP contribution < -0.4 is 10.6 Å². The van der Waals surface area contributed by atoms with Crippen molar-refractivity contribution in [3.05, 3.63) is 90.6 Å². The summed E-state index contributed by atoms with van der Waals surface area (Å²) in [6.45, 7) is 0. The number of anilines is 2.